The Morgan fingerprint density at radius 3 is 2.48 bits per heavy atom. The first-order chi connectivity index (χ1) is 11.0. The van der Waals surface area contributed by atoms with Crippen LogP contribution in [-0.2, 0) is 6.54 Å². The van der Waals surface area contributed by atoms with Gasteiger partial charge in [0.2, 0.25) is 0 Å². The third-order valence-electron chi connectivity index (χ3n) is 4.71. The van der Waals surface area contributed by atoms with Gasteiger partial charge in [0.05, 0.1) is 12.2 Å². The molecule has 0 amide bonds. The fourth-order valence-electron chi connectivity index (χ4n) is 3.14. The van der Waals surface area contributed by atoms with Gasteiger partial charge in [-0.25, -0.2) is 4.39 Å². The number of nitrogen functional groups attached to an aromatic ring is 1. The second-order valence-electron chi connectivity index (χ2n) is 6.20. The van der Waals surface area contributed by atoms with Crippen molar-refractivity contribution >= 4 is 11.4 Å². The number of fused-ring (bicyclic) bond motifs is 1. The summed E-state index contributed by atoms with van der Waals surface area (Å²) in [7, 11) is 0. The molecule has 0 atom stereocenters. The summed E-state index contributed by atoms with van der Waals surface area (Å²) in [5.41, 5.74) is 8.55. The van der Waals surface area contributed by atoms with Gasteiger partial charge in [-0.2, -0.15) is 0 Å². The van der Waals surface area contributed by atoms with Gasteiger partial charge >= 0.3 is 0 Å². The molecule has 0 saturated heterocycles. The summed E-state index contributed by atoms with van der Waals surface area (Å²) in [4.78, 5) is 2.30. The topological polar surface area (TPSA) is 38.5 Å². The van der Waals surface area contributed by atoms with Crippen molar-refractivity contribution in [2.45, 2.75) is 38.8 Å². The fraction of sp³-hybridized carbons (Fsp3) is 0.368. The molecular formula is C19H23FN2O. The first kappa shape index (κ1) is 15.7. The van der Waals surface area contributed by atoms with Crippen LogP contribution in [0.2, 0.25) is 0 Å². The van der Waals surface area contributed by atoms with Crippen LogP contribution in [0.4, 0.5) is 15.8 Å². The number of nitrogens with zero attached hydrogens (tertiary/aromatic N) is 1. The summed E-state index contributed by atoms with van der Waals surface area (Å²) >= 11 is 0. The van der Waals surface area contributed by atoms with Gasteiger partial charge in [0.1, 0.15) is 17.2 Å². The Balaban J connectivity index is 1.96. The lowest BCUT2D eigenvalue weighted by atomic mass is 9.93. The van der Waals surface area contributed by atoms with E-state index in [4.69, 9.17) is 10.5 Å². The molecule has 4 heteroatoms. The Morgan fingerprint density at radius 1 is 1.13 bits per heavy atom. The average molecular weight is 314 g/mol. The van der Waals surface area contributed by atoms with E-state index in [2.05, 4.69) is 18.7 Å². The molecule has 2 aromatic rings. The number of rotatable bonds is 4. The summed E-state index contributed by atoms with van der Waals surface area (Å²) in [5, 5.41) is 0. The van der Waals surface area contributed by atoms with Gasteiger partial charge in [0.25, 0.3) is 0 Å². The van der Waals surface area contributed by atoms with Crippen molar-refractivity contribution in [3.63, 3.8) is 0 Å². The van der Waals surface area contributed by atoms with Crippen molar-refractivity contribution < 1.29 is 9.13 Å². The Labute approximate surface area is 136 Å². The van der Waals surface area contributed by atoms with Crippen molar-refractivity contribution in [1.82, 2.24) is 0 Å². The summed E-state index contributed by atoms with van der Waals surface area (Å²) < 4.78 is 19.4. The molecule has 2 N–H and O–H groups in total. The maximum atomic E-state index is 13.1. The second kappa shape index (κ2) is 6.11. The Morgan fingerprint density at radius 2 is 1.83 bits per heavy atom. The number of ether oxygens (including phenoxy) is 1. The smallest absolute Gasteiger partial charge is 0.145 e. The fourth-order valence-corrected chi connectivity index (χ4v) is 3.14. The molecule has 0 radical (unpaired) electrons. The third kappa shape index (κ3) is 3.11. The summed E-state index contributed by atoms with van der Waals surface area (Å²) in [6.07, 6.45) is 1.86. The molecule has 3 nitrogen and oxygen atoms in total. The minimum absolute atomic E-state index is 0.208. The third-order valence-corrected chi connectivity index (χ3v) is 4.71. The van der Waals surface area contributed by atoms with Crippen LogP contribution >= 0.6 is 0 Å². The lowest BCUT2D eigenvalue weighted by molar-refractivity contribution is 0.0571. The maximum Gasteiger partial charge on any atom is 0.145 e. The van der Waals surface area contributed by atoms with Crippen LogP contribution in [0.5, 0.6) is 5.75 Å². The summed E-state index contributed by atoms with van der Waals surface area (Å²) in [6, 6.07) is 12.5. The van der Waals surface area contributed by atoms with E-state index in [9.17, 15) is 4.39 Å². The van der Waals surface area contributed by atoms with Crippen molar-refractivity contribution in [3.05, 3.63) is 53.8 Å². The van der Waals surface area contributed by atoms with E-state index in [0.29, 0.717) is 5.69 Å². The van der Waals surface area contributed by atoms with Crippen LogP contribution in [0.15, 0.2) is 42.5 Å². The van der Waals surface area contributed by atoms with E-state index in [1.807, 2.05) is 30.3 Å². The van der Waals surface area contributed by atoms with Gasteiger partial charge in [-0.05, 0) is 42.7 Å². The van der Waals surface area contributed by atoms with E-state index in [1.165, 1.54) is 12.1 Å². The standard InChI is InChI=1S/C19H23FN2O/c1-3-19(4-2)13-22(12-14-5-7-15(20)8-6-14)17-10-9-16(21)11-18(17)23-19/h5-11H,3-4,12-13,21H2,1-2H3. The van der Waals surface area contributed by atoms with Gasteiger partial charge in [0, 0.05) is 18.3 Å². The number of anilines is 2. The molecule has 1 aliphatic rings. The highest BCUT2D eigenvalue weighted by Crippen LogP contribution is 2.41. The Hall–Kier alpha value is -2.23. The van der Waals surface area contributed by atoms with Crippen molar-refractivity contribution in [2.24, 2.45) is 0 Å². The first-order valence-corrected chi connectivity index (χ1v) is 8.13. The number of hydrogen-bond donors (Lipinski definition) is 1. The molecule has 1 aliphatic heterocycles. The van der Waals surface area contributed by atoms with Crippen molar-refractivity contribution in [3.8, 4) is 5.75 Å². The molecule has 23 heavy (non-hydrogen) atoms. The lowest BCUT2D eigenvalue weighted by Gasteiger charge is -2.44. The minimum atomic E-state index is -0.208. The van der Waals surface area contributed by atoms with Crippen molar-refractivity contribution in [1.29, 1.82) is 0 Å². The zero-order valence-corrected chi connectivity index (χ0v) is 13.7. The van der Waals surface area contributed by atoms with Gasteiger partial charge < -0.3 is 15.4 Å². The van der Waals surface area contributed by atoms with Crippen molar-refractivity contribution in [2.75, 3.05) is 17.2 Å². The predicted octanol–water partition coefficient (Wildman–Crippen LogP) is 4.37. The second-order valence-corrected chi connectivity index (χ2v) is 6.20. The molecule has 0 aromatic heterocycles. The molecule has 3 rings (SSSR count). The predicted molar refractivity (Wildman–Crippen MR) is 92.2 cm³/mol. The van der Waals surface area contributed by atoms with Crippen LogP contribution in [0.1, 0.15) is 32.3 Å². The molecular weight excluding hydrogens is 291 g/mol. The van der Waals surface area contributed by atoms with E-state index >= 15 is 0 Å². The minimum Gasteiger partial charge on any atom is -0.483 e. The highest BCUT2D eigenvalue weighted by Gasteiger charge is 2.37. The van der Waals surface area contributed by atoms with E-state index in [0.717, 1.165) is 42.9 Å². The molecule has 0 spiro atoms. The lowest BCUT2D eigenvalue weighted by Crippen LogP contribution is -2.50. The summed E-state index contributed by atoms with van der Waals surface area (Å²) in [6.45, 7) is 5.84. The van der Waals surface area contributed by atoms with Crippen LogP contribution in [-0.4, -0.2) is 12.1 Å². The number of benzene rings is 2. The normalized spacial score (nSPS) is 15.9. The highest BCUT2D eigenvalue weighted by molar-refractivity contribution is 5.66. The number of halogens is 1. The average Bonchev–Trinajstić information content (AvgIpc) is 2.56. The quantitative estimate of drug-likeness (QED) is 0.852. The Bertz CT molecular complexity index is 680. The van der Waals surface area contributed by atoms with E-state index in [-0.39, 0.29) is 11.4 Å². The summed E-state index contributed by atoms with van der Waals surface area (Å²) in [5.74, 6) is 0.627. The van der Waals surface area contributed by atoms with Gasteiger partial charge in [-0.1, -0.05) is 26.0 Å². The molecule has 2 aromatic carbocycles. The first-order valence-electron chi connectivity index (χ1n) is 8.13. The zero-order chi connectivity index (χ0) is 16.4. The van der Waals surface area contributed by atoms with Crippen LogP contribution < -0.4 is 15.4 Å². The van der Waals surface area contributed by atoms with Gasteiger partial charge in [0.15, 0.2) is 0 Å². The van der Waals surface area contributed by atoms with Crippen LogP contribution in [0, 0.1) is 5.82 Å². The number of hydrogen-bond acceptors (Lipinski definition) is 3. The highest BCUT2D eigenvalue weighted by atomic mass is 19.1. The van der Waals surface area contributed by atoms with Crippen LogP contribution in [0.3, 0.4) is 0 Å². The zero-order valence-electron chi connectivity index (χ0n) is 13.7. The van der Waals surface area contributed by atoms with Crippen LogP contribution in [0.25, 0.3) is 0 Å². The SMILES string of the molecule is CCC1(CC)CN(Cc2ccc(F)cc2)c2ccc(N)cc2O1. The molecule has 0 fully saturated rings. The van der Waals surface area contributed by atoms with Gasteiger partial charge in [-0.15, -0.1) is 0 Å². The molecule has 0 aliphatic carbocycles. The maximum absolute atomic E-state index is 13.1. The van der Waals surface area contributed by atoms with Gasteiger partial charge in [-0.3, -0.25) is 0 Å². The largest absolute Gasteiger partial charge is 0.483 e. The van der Waals surface area contributed by atoms with E-state index < -0.39 is 0 Å². The molecule has 1 heterocycles. The van der Waals surface area contributed by atoms with E-state index in [1.54, 1.807) is 0 Å². The molecule has 0 unspecified atom stereocenters. The molecule has 0 saturated carbocycles. The molecule has 122 valence electrons. The monoisotopic (exact) mass is 314 g/mol. The molecule has 0 bridgehead atoms. The Kier molecular flexibility index (Phi) is 4.16. The number of nitrogens with two attached hydrogens (primary N) is 1.